The van der Waals surface area contributed by atoms with Crippen LogP contribution >= 0.6 is 11.6 Å². The Balaban J connectivity index is 1.92. The van der Waals surface area contributed by atoms with E-state index in [1.54, 1.807) is 0 Å². The summed E-state index contributed by atoms with van der Waals surface area (Å²) in [5.74, 6) is 1.83. The second kappa shape index (κ2) is 4.90. The van der Waals surface area contributed by atoms with Crippen molar-refractivity contribution in [2.45, 2.75) is 32.2 Å². The third-order valence-electron chi connectivity index (χ3n) is 3.90. The molecule has 2 aromatic rings. The monoisotopic (exact) mass is 263 g/mol. The predicted octanol–water partition coefficient (Wildman–Crippen LogP) is 3.67. The van der Waals surface area contributed by atoms with Crippen LogP contribution in [0.1, 0.15) is 38.1 Å². The molecule has 2 heterocycles. The summed E-state index contributed by atoms with van der Waals surface area (Å²) in [5, 5.41) is 4.26. The Morgan fingerprint density at radius 1 is 1.44 bits per heavy atom. The molecule has 2 atom stereocenters. The predicted molar refractivity (Wildman–Crippen MR) is 74.9 cm³/mol. The zero-order valence-corrected chi connectivity index (χ0v) is 11.3. The number of hydrogen-bond acceptors (Lipinski definition) is 2. The van der Waals surface area contributed by atoms with Gasteiger partial charge in [-0.05, 0) is 37.4 Å². The Bertz CT molecular complexity index is 549. The molecule has 1 fully saturated rings. The van der Waals surface area contributed by atoms with Crippen molar-refractivity contribution in [1.29, 1.82) is 0 Å². The summed E-state index contributed by atoms with van der Waals surface area (Å²) in [6, 6.07) is 6.21. The fourth-order valence-electron chi connectivity index (χ4n) is 2.76. The topological polar surface area (TPSA) is 40.7 Å². The first-order valence-corrected chi connectivity index (χ1v) is 7.03. The first kappa shape index (κ1) is 12.0. The highest BCUT2D eigenvalue weighted by Gasteiger charge is 2.24. The van der Waals surface area contributed by atoms with Crippen LogP contribution in [0.2, 0.25) is 5.02 Å². The van der Waals surface area contributed by atoms with E-state index in [0.29, 0.717) is 6.04 Å². The second-order valence-corrected chi connectivity index (χ2v) is 5.47. The Labute approximate surface area is 112 Å². The second-order valence-electron chi connectivity index (χ2n) is 5.06. The molecule has 1 aromatic heterocycles. The summed E-state index contributed by atoms with van der Waals surface area (Å²) in [5.41, 5.74) is 1.91. The lowest BCUT2D eigenvalue weighted by Gasteiger charge is -2.28. The van der Waals surface area contributed by atoms with Crippen molar-refractivity contribution in [3.05, 3.63) is 29.0 Å². The molecular weight excluding hydrogens is 246 g/mol. The number of benzene rings is 1. The van der Waals surface area contributed by atoms with E-state index in [0.717, 1.165) is 40.8 Å². The van der Waals surface area contributed by atoms with Gasteiger partial charge in [-0.3, -0.25) is 0 Å². The molecule has 0 bridgehead atoms. The molecule has 0 amide bonds. The number of hydrogen-bond donors (Lipinski definition) is 2. The van der Waals surface area contributed by atoms with Gasteiger partial charge in [-0.1, -0.05) is 31.0 Å². The highest BCUT2D eigenvalue weighted by atomic mass is 35.5. The first-order valence-electron chi connectivity index (χ1n) is 6.65. The van der Waals surface area contributed by atoms with Gasteiger partial charge in [0.1, 0.15) is 11.3 Å². The van der Waals surface area contributed by atoms with Gasteiger partial charge >= 0.3 is 0 Å². The van der Waals surface area contributed by atoms with E-state index in [2.05, 4.69) is 22.2 Å². The maximum atomic E-state index is 6.16. The van der Waals surface area contributed by atoms with Crippen molar-refractivity contribution in [3.8, 4) is 0 Å². The van der Waals surface area contributed by atoms with E-state index < -0.39 is 0 Å². The van der Waals surface area contributed by atoms with Crippen LogP contribution in [0.15, 0.2) is 18.2 Å². The van der Waals surface area contributed by atoms with Gasteiger partial charge in [0.05, 0.1) is 16.6 Å². The van der Waals surface area contributed by atoms with Crippen LogP contribution in [-0.2, 0) is 0 Å². The minimum Gasteiger partial charge on any atom is -0.341 e. The minimum atomic E-state index is 0.340. The van der Waals surface area contributed by atoms with Crippen LogP contribution in [-0.4, -0.2) is 16.5 Å². The number of para-hydroxylation sites is 1. The van der Waals surface area contributed by atoms with Gasteiger partial charge < -0.3 is 10.3 Å². The van der Waals surface area contributed by atoms with Crippen molar-refractivity contribution in [3.63, 3.8) is 0 Å². The van der Waals surface area contributed by atoms with Crippen LogP contribution < -0.4 is 5.32 Å². The molecule has 18 heavy (non-hydrogen) atoms. The summed E-state index contributed by atoms with van der Waals surface area (Å²) >= 11 is 6.16. The molecular formula is C14H18ClN3. The van der Waals surface area contributed by atoms with Gasteiger partial charge in [0.25, 0.3) is 0 Å². The molecule has 2 unspecified atom stereocenters. The first-order chi connectivity index (χ1) is 8.78. The van der Waals surface area contributed by atoms with Crippen LogP contribution in [0.5, 0.6) is 0 Å². The molecule has 1 aromatic carbocycles. The number of aromatic nitrogens is 2. The lowest BCUT2D eigenvalue weighted by molar-refractivity contribution is 0.292. The molecule has 1 saturated heterocycles. The fourth-order valence-corrected chi connectivity index (χ4v) is 2.97. The summed E-state index contributed by atoms with van der Waals surface area (Å²) in [6.45, 7) is 3.34. The van der Waals surface area contributed by atoms with E-state index in [1.165, 1.54) is 12.8 Å². The average molecular weight is 264 g/mol. The third-order valence-corrected chi connectivity index (χ3v) is 4.21. The summed E-state index contributed by atoms with van der Waals surface area (Å²) in [6.07, 6.45) is 3.68. The Morgan fingerprint density at radius 3 is 3.11 bits per heavy atom. The molecule has 3 nitrogen and oxygen atoms in total. The highest BCUT2D eigenvalue weighted by Crippen LogP contribution is 2.30. The SMILES string of the molecule is CCC1CCNC(c2nc3c(Cl)cccc3[nH]2)C1. The number of imidazole rings is 1. The summed E-state index contributed by atoms with van der Waals surface area (Å²) in [4.78, 5) is 8.05. The normalized spacial score (nSPS) is 24.6. The van der Waals surface area contributed by atoms with Crippen LogP contribution in [0, 0.1) is 5.92 Å². The minimum absolute atomic E-state index is 0.340. The summed E-state index contributed by atoms with van der Waals surface area (Å²) in [7, 11) is 0. The number of fused-ring (bicyclic) bond motifs is 1. The molecule has 0 saturated carbocycles. The molecule has 0 aliphatic carbocycles. The largest absolute Gasteiger partial charge is 0.341 e. The fraction of sp³-hybridized carbons (Fsp3) is 0.500. The lowest BCUT2D eigenvalue weighted by atomic mass is 9.90. The van der Waals surface area contributed by atoms with E-state index in [1.807, 2.05) is 18.2 Å². The smallest absolute Gasteiger partial charge is 0.124 e. The quantitative estimate of drug-likeness (QED) is 0.868. The lowest BCUT2D eigenvalue weighted by Crippen LogP contribution is -2.32. The number of nitrogens with one attached hydrogen (secondary N) is 2. The van der Waals surface area contributed by atoms with Gasteiger partial charge in [-0.25, -0.2) is 4.98 Å². The molecule has 3 rings (SSSR count). The van der Waals surface area contributed by atoms with Gasteiger partial charge in [0.15, 0.2) is 0 Å². The molecule has 0 spiro atoms. The van der Waals surface area contributed by atoms with Crippen molar-refractivity contribution in [2.24, 2.45) is 5.92 Å². The number of nitrogens with zero attached hydrogens (tertiary/aromatic N) is 1. The Hall–Kier alpha value is -1.06. The van der Waals surface area contributed by atoms with Crippen LogP contribution in [0.25, 0.3) is 11.0 Å². The van der Waals surface area contributed by atoms with Crippen molar-refractivity contribution in [1.82, 2.24) is 15.3 Å². The van der Waals surface area contributed by atoms with E-state index in [-0.39, 0.29) is 0 Å². The van der Waals surface area contributed by atoms with Crippen molar-refractivity contribution in [2.75, 3.05) is 6.54 Å². The number of piperidine rings is 1. The molecule has 96 valence electrons. The van der Waals surface area contributed by atoms with Crippen molar-refractivity contribution >= 4 is 22.6 Å². The maximum Gasteiger partial charge on any atom is 0.124 e. The molecule has 4 heteroatoms. The number of halogens is 1. The van der Waals surface area contributed by atoms with Gasteiger partial charge in [0.2, 0.25) is 0 Å². The summed E-state index contributed by atoms with van der Waals surface area (Å²) < 4.78 is 0. The number of aromatic amines is 1. The highest BCUT2D eigenvalue weighted by molar-refractivity contribution is 6.34. The Kier molecular flexibility index (Phi) is 3.27. The van der Waals surface area contributed by atoms with E-state index in [9.17, 15) is 0 Å². The van der Waals surface area contributed by atoms with Gasteiger partial charge in [-0.15, -0.1) is 0 Å². The van der Waals surface area contributed by atoms with Crippen molar-refractivity contribution < 1.29 is 0 Å². The molecule has 1 aliphatic heterocycles. The molecule has 1 aliphatic rings. The molecule has 0 radical (unpaired) electrons. The number of H-pyrrole nitrogens is 1. The molecule has 2 N–H and O–H groups in total. The third kappa shape index (κ3) is 2.13. The number of rotatable bonds is 2. The average Bonchev–Trinajstić information content (AvgIpc) is 2.84. The maximum absolute atomic E-state index is 6.16. The standard InChI is InChI=1S/C14H18ClN3/c1-2-9-6-7-16-12(8-9)14-17-11-5-3-4-10(15)13(11)18-14/h3-5,9,12,16H,2,6-8H2,1H3,(H,17,18). The van der Waals surface area contributed by atoms with E-state index >= 15 is 0 Å². The zero-order valence-electron chi connectivity index (χ0n) is 10.5. The van der Waals surface area contributed by atoms with Crippen LogP contribution in [0.4, 0.5) is 0 Å². The Morgan fingerprint density at radius 2 is 2.33 bits per heavy atom. The van der Waals surface area contributed by atoms with Gasteiger partial charge in [-0.2, -0.15) is 0 Å². The van der Waals surface area contributed by atoms with Gasteiger partial charge in [0, 0.05) is 0 Å². The van der Waals surface area contributed by atoms with E-state index in [4.69, 9.17) is 11.6 Å². The van der Waals surface area contributed by atoms with Crippen LogP contribution in [0.3, 0.4) is 0 Å². The zero-order chi connectivity index (χ0) is 12.5.